The summed E-state index contributed by atoms with van der Waals surface area (Å²) in [5.74, 6) is -0.430. The van der Waals surface area contributed by atoms with E-state index in [0.717, 1.165) is 0 Å². The summed E-state index contributed by atoms with van der Waals surface area (Å²) < 4.78 is 19.2. The number of carbonyl (C=O) groups excluding carboxylic acids is 3. The van der Waals surface area contributed by atoms with Crippen molar-refractivity contribution in [1.82, 2.24) is 10.2 Å². The predicted octanol–water partition coefficient (Wildman–Crippen LogP) is 6.07. The van der Waals surface area contributed by atoms with Gasteiger partial charge in [-0.25, -0.2) is 14.2 Å². The molecule has 0 saturated carbocycles. The second kappa shape index (κ2) is 12.5. The van der Waals surface area contributed by atoms with Crippen molar-refractivity contribution in [2.45, 2.75) is 24.8 Å². The van der Waals surface area contributed by atoms with E-state index in [0.29, 0.717) is 33.6 Å². The first kappa shape index (κ1) is 27.7. The van der Waals surface area contributed by atoms with E-state index in [1.807, 2.05) is 6.07 Å². The molecular weight excluding hydrogens is 545 g/mol. The standard InChI is InChI=1S/C30H26FN5O4S/c1-19(32-29(39)34-22-8-3-2-4-9-22)27(37)33-23-14-12-20(13-15-23)26-28(38)36(18-25-11-6-16-40-25)30(41-26)35-24-10-5-7-21(31)17-24/h2-17,19,26H,18H2,1H3,(H,33,37)(H2,32,34,39)/t19-,26?/m0/s1. The van der Waals surface area contributed by atoms with Crippen LogP contribution in [-0.4, -0.2) is 34.0 Å². The summed E-state index contributed by atoms with van der Waals surface area (Å²) in [6.07, 6.45) is 1.53. The fourth-order valence-corrected chi connectivity index (χ4v) is 5.23. The van der Waals surface area contributed by atoms with Gasteiger partial charge in [0.1, 0.15) is 22.9 Å². The van der Waals surface area contributed by atoms with E-state index in [2.05, 4.69) is 20.9 Å². The Labute approximate surface area is 239 Å². The Morgan fingerprint density at radius 1 is 0.976 bits per heavy atom. The van der Waals surface area contributed by atoms with E-state index in [1.165, 1.54) is 35.1 Å². The molecule has 11 heteroatoms. The molecule has 0 aliphatic carbocycles. The number of nitrogens with one attached hydrogen (secondary N) is 3. The number of hydrogen-bond acceptors (Lipinski definition) is 6. The van der Waals surface area contributed by atoms with Crippen LogP contribution in [0, 0.1) is 5.82 Å². The number of rotatable bonds is 8. The quantitative estimate of drug-likeness (QED) is 0.237. The number of amides is 4. The highest BCUT2D eigenvalue weighted by molar-refractivity contribution is 8.15. The molecule has 3 N–H and O–H groups in total. The third kappa shape index (κ3) is 7.00. The molecule has 1 aliphatic rings. The number of furan rings is 1. The van der Waals surface area contributed by atoms with Crippen molar-refractivity contribution in [3.05, 3.63) is 114 Å². The topological polar surface area (TPSA) is 116 Å². The molecule has 2 atom stereocenters. The van der Waals surface area contributed by atoms with Crippen molar-refractivity contribution in [3.63, 3.8) is 0 Å². The molecule has 3 aromatic carbocycles. The van der Waals surface area contributed by atoms with Crippen LogP contribution in [0.5, 0.6) is 0 Å². The van der Waals surface area contributed by atoms with Gasteiger partial charge in [0, 0.05) is 11.4 Å². The zero-order valence-corrected chi connectivity index (χ0v) is 22.7. The minimum Gasteiger partial charge on any atom is -0.467 e. The number of amidine groups is 1. The molecule has 1 saturated heterocycles. The molecule has 208 valence electrons. The van der Waals surface area contributed by atoms with Crippen LogP contribution in [0.2, 0.25) is 0 Å². The van der Waals surface area contributed by atoms with E-state index < -0.39 is 29.0 Å². The zero-order chi connectivity index (χ0) is 28.8. The number of urea groups is 1. The van der Waals surface area contributed by atoms with Gasteiger partial charge < -0.3 is 20.4 Å². The lowest BCUT2D eigenvalue weighted by Gasteiger charge is -2.16. The average Bonchev–Trinajstić information content (AvgIpc) is 3.58. The molecule has 1 unspecified atom stereocenters. The van der Waals surface area contributed by atoms with Crippen LogP contribution in [0.4, 0.5) is 26.2 Å². The van der Waals surface area contributed by atoms with Crippen molar-refractivity contribution < 1.29 is 23.2 Å². The summed E-state index contributed by atoms with van der Waals surface area (Å²) in [5, 5.41) is 7.87. The van der Waals surface area contributed by atoms with E-state index >= 15 is 0 Å². The van der Waals surface area contributed by atoms with E-state index in [1.54, 1.807) is 79.7 Å². The lowest BCUT2D eigenvalue weighted by Crippen LogP contribution is -2.43. The normalized spacial score (nSPS) is 16.4. The monoisotopic (exact) mass is 571 g/mol. The van der Waals surface area contributed by atoms with Crippen LogP contribution >= 0.6 is 11.8 Å². The van der Waals surface area contributed by atoms with Gasteiger partial charge in [-0.15, -0.1) is 0 Å². The van der Waals surface area contributed by atoms with Gasteiger partial charge in [0.2, 0.25) is 11.8 Å². The molecule has 1 fully saturated rings. The minimum atomic E-state index is -0.804. The average molecular weight is 572 g/mol. The molecule has 0 radical (unpaired) electrons. The number of nitrogens with zero attached hydrogens (tertiary/aromatic N) is 2. The molecule has 41 heavy (non-hydrogen) atoms. The Morgan fingerprint density at radius 3 is 2.44 bits per heavy atom. The van der Waals surface area contributed by atoms with E-state index in [-0.39, 0.29) is 12.5 Å². The Balaban J connectivity index is 1.25. The van der Waals surface area contributed by atoms with Crippen molar-refractivity contribution in [2.75, 3.05) is 10.6 Å². The highest BCUT2D eigenvalue weighted by Crippen LogP contribution is 2.41. The molecule has 4 aromatic rings. The summed E-state index contributed by atoms with van der Waals surface area (Å²) >= 11 is 1.26. The molecule has 9 nitrogen and oxygen atoms in total. The predicted molar refractivity (Wildman–Crippen MR) is 156 cm³/mol. The highest BCUT2D eigenvalue weighted by atomic mass is 32.2. The summed E-state index contributed by atoms with van der Waals surface area (Å²) in [7, 11) is 0. The second-order valence-corrected chi connectivity index (χ2v) is 10.2. The zero-order valence-electron chi connectivity index (χ0n) is 21.9. The number of benzene rings is 3. The van der Waals surface area contributed by atoms with Crippen molar-refractivity contribution in [3.8, 4) is 0 Å². The fraction of sp³-hybridized carbons (Fsp3) is 0.133. The molecule has 5 rings (SSSR count). The van der Waals surface area contributed by atoms with Crippen LogP contribution in [0.1, 0.15) is 23.5 Å². The summed E-state index contributed by atoms with van der Waals surface area (Å²) in [6, 6.07) is 23.8. The fourth-order valence-electron chi connectivity index (χ4n) is 4.06. The lowest BCUT2D eigenvalue weighted by molar-refractivity contribution is -0.126. The summed E-state index contributed by atoms with van der Waals surface area (Å²) in [5.41, 5.74) is 2.22. The van der Waals surface area contributed by atoms with Gasteiger partial charge in [-0.3, -0.25) is 14.5 Å². The molecule has 0 bridgehead atoms. The number of halogens is 1. The number of anilines is 2. The van der Waals surface area contributed by atoms with Crippen LogP contribution in [0.25, 0.3) is 0 Å². The van der Waals surface area contributed by atoms with Crippen LogP contribution < -0.4 is 16.0 Å². The second-order valence-electron chi connectivity index (χ2n) is 9.17. The van der Waals surface area contributed by atoms with Crippen molar-refractivity contribution in [1.29, 1.82) is 0 Å². The Bertz CT molecular complexity index is 1560. The van der Waals surface area contributed by atoms with Gasteiger partial charge in [-0.05, 0) is 67.1 Å². The Kier molecular flexibility index (Phi) is 8.44. The van der Waals surface area contributed by atoms with Gasteiger partial charge in [0.15, 0.2) is 5.17 Å². The summed E-state index contributed by atoms with van der Waals surface area (Å²) in [6.45, 7) is 1.76. The van der Waals surface area contributed by atoms with E-state index in [9.17, 15) is 18.8 Å². The van der Waals surface area contributed by atoms with Gasteiger partial charge in [0.05, 0.1) is 18.5 Å². The minimum absolute atomic E-state index is 0.181. The number of aliphatic imine (C=N–C) groups is 1. The van der Waals surface area contributed by atoms with E-state index in [4.69, 9.17) is 4.42 Å². The molecule has 2 heterocycles. The third-order valence-corrected chi connectivity index (χ3v) is 7.36. The first-order chi connectivity index (χ1) is 19.9. The van der Waals surface area contributed by atoms with Crippen LogP contribution in [-0.2, 0) is 16.1 Å². The Morgan fingerprint density at radius 2 is 1.73 bits per heavy atom. The smallest absolute Gasteiger partial charge is 0.319 e. The maximum atomic E-state index is 13.8. The van der Waals surface area contributed by atoms with Gasteiger partial charge in [0.25, 0.3) is 0 Å². The number of carbonyl (C=O) groups is 3. The van der Waals surface area contributed by atoms with Crippen LogP contribution in [0.3, 0.4) is 0 Å². The molecular formula is C30H26FN5O4S. The van der Waals surface area contributed by atoms with Crippen molar-refractivity contribution >= 4 is 51.8 Å². The molecule has 1 aromatic heterocycles. The number of hydrogen-bond donors (Lipinski definition) is 3. The van der Waals surface area contributed by atoms with Crippen molar-refractivity contribution in [2.24, 2.45) is 4.99 Å². The molecule has 0 spiro atoms. The van der Waals surface area contributed by atoms with Crippen LogP contribution in [0.15, 0.2) is 107 Å². The van der Waals surface area contributed by atoms with Gasteiger partial charge in [-0.1, -0.05) is 48.2 Å². The highest BCUT2D eigenvalue weighted by Gasteiger charge is 2.39. The maximum absolute atomic E-state index is 13.8. The van der Waals surface area contributed by atoms with Gasteiger partial charge >= 0.3 is 6.03 Å². The first-order valence-electron chi connectivity index (χ1n) is 12.7. The number of para-hydroxylation sites is 1. The molecule has 1 aliphatic heterocycles. The third-order valence-electron chi connectivity index (χ3n) is 6.12. The largest absolute Gasteiger partial charge is 0.467 e. The summed E-state index contributed by atoms with van der Waals surface area (Å²) in [4.78, 5) is 44.4. The Hall–Kier alpha value is -4.90. The SMILES string of the molecule is C[C@H](NC(=O)Nc1ccccc1)C(=O)Nc1ccc(C2SC(=Nc3cccc(F)c3)N(Cc3ccco3)C2=O)cc1. The first-order valence-corrected chi connectivity index (χ1v) is 13.6. The molecule has 4 amide bonds. The lowest BCUT2D eigenvalue weighted by atomic mass is 10.1. The number of thioether (sulfide) groups is 1. The van der Waals surface area contributed by atoms with Gasteiger partial charge in [-0.2, -0.15) is 0 Å². The maximum Gasteiger partial charge on any atom is 0.319 e.